The first-order chi connectivity index (χ1) is 15.8. The Bertz CT molecular complexity index is 1220. The van der Waals surface area contributed by atoms with Crippen molar-refractivity contribution >= 4 is 46.4 Å². The molecule has 1 aliphatic carbocycles. The molecule has 33 heavy (non-hydrogen) atoms. The van der Waals surface area contributed by atoms with Gasteiger partial charge in [-0.25, -0.2) is 9.78 Å². The van der Waals surface area contributed by atoms with E-state index in [9.17, 15) is 14.4 Å². The summed E-state index contributed by atoms with van der Waals surface area (Å²) in [6.45, 7) is 1.98. The number of nitrogens with zero attached hydrogens (tertiary/aromatic N) is 1. The summed E-state index contributed by atoms with van der Waals surface area (Å²) < 4.78 is 4.85. The number of aryl methyl sites for hydroxylation is 1. The number of ether oxygens (including phenoxy) is 1. The number of rotatable bonds is 7. The molecule has 1 saturated carbocycles. The molecule has 7 nitrogen and oxygen atoms in total. The van der Waals surface area contributed by atoms with E-state index in [0.717, 1.165) is 23.4 Å². The number of esters is 1. The van der Waals surface area contributed by atoms with Crippen LogP contribution in [0.25, 0.3) is 0 Å². The van der Waals surface area contributed by atoms with Gasteiger partial charge >= 0.3 is 5.97 Å². The average molecular weight is 484 g/mol. The van der Waals surface area contributed by atoms with Crippen LogP contribution in [0.2, 0.25) is 5.02 Å². The molecular weight excluding hydrogens is 462 g/mol. The number of amides is 2. The molecule has 1 fully saturated rings. The van der Waals surface area contributed by atoms with Crippen LogP contribution >= 0.6 is 22.9 Å². The minimum atomic E-state index is -0.608. The fourth-order valence-electron chi connectivity index (χ4n) is 3.63. The fraction of sp³-hybridized carbons (Fsp3) is 0.250. The average Bonchev–Trinajstić information content (AvgIpc) is 3.51. The number of anilines is 1. The lowest BCUT2D eigenvalue weighted by Gasteiger charge is -2.17. The van der Waals surface area contributed by atoms with Crippen LogP contribution in [0.3, 0.4) is 0 Å². The summed E-state index contributed by atoms with van der Waals surface area (Å²) in [6, 6.07) is 12.2. The van der Waals surface area contributed by atoms with Gasteiger partial charge in [0.15, 0.2) is 0 Å². The minimum Gasteiger partial charge on any atom is -0.465 e. The Labute approximate surface area is 200 Å². The van der Waals surface area contributed by atoms with E-state index in [1.807, 2.05) is 19.1 Å². The van der Waals surface area contributed by atoms with Crippen LogP contribution in [-0.2, 0) is 21.5 Å². The van der Waals surface area contributed by atoms with Crippen molar-refractivity contribution in [2.75, 3.05) is 12.4 Å². The van der Waals surface area contributed by atoms with Gasteiger partial charge in [0.2, 0.25) is 5.91 Å². The molecule has 1 heterocycles. The smallest absolute Gasteiger partial charge is 0.337 e. The van der Waals surface area contributed by atoms with Gasteiger partial charge in [0.1, 0.15) is 5.69 Å². The molecule has 0 radical (unpaired) electrons. The van der Waals surface area contributed by atoms with Crippen LogP contribution in [0.1, 0.15) is 49.8 Å². The number of aromatic nitrogens is 1. The summed E-state index contributed by atoms with van der Waals surface area (Å²) in [7, 11) is 1.29. The summed E-state index contributed by atoms with van der Waals surface area (Å²) in [5.41, 5.74) is 2.01. The van der Waals surface area contributed by atoms with Crippen molar-refractivity contribution < 1.29 is 19.1 Å². The van der Waals surface area contributed by atoms with Crippen molar-refractivity contribution in [3.05, 3.63) is 80.3 Å². The third-order valence-electron chi connectivity index (χ3n) is 5.56. The van der Waals surface area contributed by atoms with Gasteiger partial charge in [-0.05, 0) is 61.2 Å². The van der Waals surface area contributed by atoms with E-state index in [1.165, 1.54) is 18.4 Å². The maximum atomic E-state index is 13.2. The van der Waals surface area contributed by atoms with Gasteiger partial charge in [-0.3, -0.25) is 9.59 Å². The van der Waals surface area contributed by atoms with Gasteiger partial charge in [0.05, 0.1) is 23.1 Å². The first-order valence-corrected chi connectivity index (χ1v) is 11.6. The Morgan fingerprint density at radius 1 is 1.15 bits per heavy atom. The van der Waals surface area contributed by atoms with Crippen molar-refractivity contribution in [2.45, 2.75) is 31.7 Å². The second-order valence-corrected chi connectivity index (χ2v) is 9.39. The third-order valence-corrected chi connectivity index (χ3v) is 6.58. The van der Waals surface area contributed by atoms with E-state index in [-0.39, 0.29) is 23.9 Å². The number of methoxy groups -OCH3 is 1. The minimum absolute atomic E-state index is 0.153. The van der Waals surface area contributed by atoms with Gasteiger partial charge in [-0.1, -0.05) is 23.7 Å². The van der Waals surface area contributed by atoms with Crippen molar-refractivity contribution in [3.63, 3.8) is 0 Å². The fourth-order valence-corrected chi connectivity index (χ4v) is 4.35. The van der Waals surface area contributed by atoms with Crippen molar-refractivity contribution in [1.82, 2.24) is 10.3 Å². The van der Waals surface area contributed by atoms with E-state index in [4.69, 9.17) is 16.3 Å². The number of benzene rings is 2. The molecule has 2 amide bonds. The van der Waals surface area contributed by atoms with E-state index < -0.39 is 11.4 Å². The summed E-state index contributed by atoms with van der Waals surface area (Å²) >= 11 is 7.38. The van der Waals surface area contributed by atoms with Crippen molar-refractivity contribution in [3.8, 4) is 0 Å². The van der Waals surface area contributed by atoms with Crippen molar-refractivity contribution in [1.29, 1.82) is 0 Å². The van der Waals surface area contributed by atoms with E-state index in [1.54, 1.807) is 35.7 Å². The molecule has 0 aliphatic heterocycles. The van der Waals surface area contributed by atoms with Crippen LogP contribution in [0.4, 0.5) is 5.69 Å². The summed E-state index contributed by atoms with van der Waals surface area (Å²) in [5.74, 6) is -1.000. The quantitative estimate of drug-likeness (QED) is 0.482. The topological polar surface area (TPSA) is 97.4 Å². The Kier molecular flexibility index (Phi) is 6.49. The molecule has 0 unspecified atom stereocenters. The van der Waals surface area contributed by atoms with Gasteiger partial charge < -0.3 is 15.4 Å². The highest BCUT2D eigenvalue weighted by molar-refractivity contribution is 7.09. The van der Waals surface area contributed by atoms with E-state index in [0.29, 0.717) is 22.0 Å². The maximum absolute atomic E-state index is 13.2. The van der Waals surface area contributed by atoms with Crippen LogP contribution in [0.5, 0.6) is 0 Å². The van der Waals surface area contributed by atoms with Gasteiger partial charge in [0, 0.05) is 22.6 Å². The molecule has 1 aliphatic rings. The molecule has 2 aromatic carbocycles. The van der Waals surface area contributed by atoms with Gasteiger partial charge in [-0.15, -0.1) is 11.3 Å². The molecule has 1 aromatic heterocycles. The number of hydrogen-bond donors (Lipinski definition) is 2. The largest absolute Gasteiger partial charge is 0.465 e. The highest BCUT2D eigenvalue weighted by atomic mass is 35.5. The molecule has 2 N–H and O–H groups in total. The highest BCUT2D eigenvalue weighted by Gasteiger charge is 2.51. The number of hydrogen-bond acceptors (Lipinski definition) is 6. The van der Waals surface area contributed by atoms with E-state index >= 15 is 0 Å². The molecule has 0 bridgehead atoms. The maximum Gasteiger partial charge on any atom is 0.337 e. The zero-order chi connectivity index (χ0) is 23.6. The second-order valence-electron chi connectivity index (χ2n) is 7.89. The Balaban J connectivity index is 1.53. The number of carbonyl (C=O) groups is 3. The molecule has 4 rings (SSSR count). The van der Waals surface area contributed by atoms with Crippen LogP contribution in [0, 0.1) is 6.92 Å². The number of nitrogens with one attached hydrogen (secondary N) is 2. The molecule has 9 heteroatoms. The molecule has 3 aromatic rings. The summed E-state index contributed by atoms with van der Waals surface area (Å²) in [5, 5.41) is 8.83. The molecule has 0 spiro atoms. The van der Waals surface area contributed by atoms with Crippen LogP contribution < -0.4 is 10.6 Å². The first-order valence-electron chi connectivity index (χ1n) is 10.3. The third kappa shape index (κ3) is 5.07. The molecular formula is C24H22ClN3O4S. The predicted octanol–water partition coefficient (Wildman–Crippen LogP) is 4.49. The molecule has 0 atom stereocenters. The van der Waals surface area contributed by atoms with E-state index in [2.05, 4.69) is 15.6 Å². The van der Waals surface area contributed by atoms with Gasteiger partial charge in [-0.2, -0.15) is 0 Å². The SMILES string of the molecule is COC(=O)c1cc(CNC(=O)c2csc(C)n2)cc(NC(=O)C2(c3ccc(Cl)cc3)CC2)c1. The molecule has 0 saturated heterocycles. The Morgan fingerprint density at radius 2 is 1.88 bits per heavy atom. The van der Waals surface area contributed by atoms with Gasteiger partial charge in [0.25, 0.3) is 5.91 Å². The summed E-state index contributed by atoms with van der Waals surface area (Å²) in [6.07, 6.45) is 1.46. The predicted molar refractivity (Wildman–Crippen MR) is 127 cm³/mol. The lowest BCUT2D eigenvalue weighted by Crippen LogP contribution is -2.28. The monoisotopic (exact) mass is 483 g/mol. The summed E-state index contributed by atoms with van der Waals surface area (Å²) in [4.78, 5) is 41.9. The van der Waals surface area contributed by atoms with Crippen LogP contribution in [-0.4, -0.2) is 29.9 Å². The molecule has 170 valence electrons. The Morgan fingerprint density at radius 3 is 2.48 bits per heavy atom. The first kappa shape index (κ1) is 22.9. The Hall–Kier alpha value is -3.23. The van der Waals surface area contributed by atoms with Crippen LogP contribution in [0.15, 0.2) is 47.8 Å². The lowest BCUT2D eigenvalue weighted by atomic mass is 9.95. The normalized spacial score (nSPS) is 13.8. The number of thiazole rings is 1. The second kappa shape index (κ2) is 9.33. The van der Waals surface area contributed by atoms with Crippen molar-refractivity contribution in [2.24, 2.45) is 0 Å². The number of carbonyl (C=O) groups excluding carboxylic acids is 3. The standard InChI is InChI=1S/C24H22ClN3O4S/c1-14-27-20(13-33-14)21(29)26-12-15-9-16(22(30)32-2)11-19(10-15)28-23(31)24(7-8-24)17-3-5-18(25)6-4-17/h3-6,9-11,13H,7-8,12H2,1-2H3,(H,26,29)(H,28,31). The zero-order valence-corrected chi connectivity index (χ0v) is 19.7. The highest BCUT2D eigenvalue weighted by Crippen LogP contribution is 2.49. The zero-order valence-electron chi connectivity index (χ0n) is 18.1. The lowest BCUT2D eigenvalue weighted by molar-refractivity contribution is -0.118. The number of halogens is 1.